The van der Waals surface area contributed by atoms with Gasteiger partial charge in [-0.15, -0.1) is 0 Å². The maximum atomic E-state index is 5.50. The molecule has 2 heterocycles. The van der Waals surface area contributed by atoms with Gasteiger partial charge in [0.25, 0.3) is 0 Å². The molecule has 0 bridgehead atoms. The molecule has 0 unspecified atom stereocenters. The first-order chi connectivity index (χ1) is 10.3. The highest BCUT2D eigenvalue weighted by Crippen LogP contribution is 2.33. The van der Waals surface area contributed by atoms with Gasteiger partial charge in [-0.3, -0.25) is 9.58 Å². The van der Waals surface area contributed by atoms with Gasteiger partial charge in [0.1, 0.15) is 5.75 Å². The van der Waals surface area contributed by atoms with E-state index >= 15 is 0 Å². The molecule has 4 heteroatoms. The van der Waals surface area contributed by atoms with E-state index in [1.54, 1.807) is 7.11 Å². The predicted octanol–water partition coefficient (Wildman–Crippen LogP) is 2.90. The summed E-state index contributed by atoms with van der Waals surface area (Å²) in [5.74, 6) is 1.59. The van der Waals surface area contributed by atoms with Crippen LogP contribution in [0.3, 0.4) is 0 Å². The number of ether oxygens (including phenoxy) is 1. The minimum Gasteiger partial charge on any atom is -0.496 e. The minimum atomic E-state index is 0.572. The van der Waals surface area contributed by atoms with Crippen LogP contribution < -0.4 is 4.74 Å². The van der Waals surface area contributed by atoms with Crippen molar-refractivity contribution >= 4 is 0 Å². The second-order valence-corrected chi connectivity index (χ2v) is 5.67. The smallest absolute Gasteiger partial charge is 0.122 e. The van der Waals surface area contributed by atoms with Gasteiger partial charge in [-0.2, -0.15) is 5.10 Å². The maximum absolute atomic E-state index is 5.50. The van der Waals surface area contributed by atoms with Crippen LogP contribution in [-0.4, -0.2) is 34.9 Å². The second kappa shape index (κ2) is 6.31. The number of aryl methyl sites for hydroxylation is 1. The Hall–Kier alpha value is -1.81. The van der Waals surface area contributed by atoms with Crippen molar-refractivity contribution in [3.8, 4) is 5.75 Å². The average molecular weight is 285 g/mol. The summed E-state index contributed by atoms with van der Waals surface area (Å²) < 4.78 is 7.49. The van der Waals surface area contributed by atoms with Crippen LogP contribution in [0.2, 0.25) is 0 Å². The van der Waals surface area contributed by atoms with Crippen molar-refractivity contribution in [3.05, 3.63) is 47.8 Å². The molecule has 0 N–H and O–H groups in total. The number of benzene rings is 1. The lowest BCUT2D eigenvalue weighted by Crippen LogP contribution is -2.19. The SMILES string of the molecule is CCn1cc(CN2CC[C@@H](c3ccccc3OC)C2)cn1. The monoisotopic (exact) mass is 285 g/mol. The number of aromatic nitrogens is 2. The van der Waals surface area contributed by atoms with E-state index in [0.717, 1.165) is 31.9 Å². The van der Waals surface area contributed by atoms with E-state index in [0.29, 0.717) is 5.92 Å². The van der Waals surface area contributed by atoms with E-state index in [9.17, 15) is 0 Å². The summed E-state index contributed by atoms with van der Waals surface area (Å²) >= 11 is 0. The number of para-hydroxylation sites is 1. The molecule has 0 spiro atoms. The van der Waals surface area contributed by atoms with Crippen molar-refractivity contribution in [1.29, 1.82) is 0 Å². The van der Waals surface area contributed by atoms with Gasteiger partial charge in [0.05, 0.1) is 13.3 Å². The van der Waals surface area contributed by atoms with Crippen LogP contribution in [0, 0.1) is 0 Å². The molecule has 21 heavy (non-hydrogen) atoms. The van der Waals surface area contributed by atoms with Crippen molar-refractivity contribution in [2.45, 2.75) is 32.4 Å². The van der Waals surface area contributed by atoms with Crippen molar-refractivity contribution in [3.63, 3.8) is 0 Å². The van der Waals surface area contributed by atoms with Crippen LogP contribution in [0.15, 0.2) is 36.7 Å². The minimum absolute atomic E-state index is 0.572. The Bertz CT molecular complexity index is 593. The molecule has 2 aromatic rings. The fourth-order valence-electron chi connectivity index (χ4n) is 3.15. The van der Waals surface area contributed by atoms with E-state index < -0.39 is 0 Å². The van der Waals surface area contributed by atoms with Gasteiger partial charge in [0.2, 0.25) is 0 Å². The number of hydrogen-bond donors (Lipinski definition) is 0. The molecule has 1 fully saturated rings. The molecule has 3 rings (SSSR count). The molecule has 0 saturated carbocycles. The summed E-state index contributed by atoms with van der Waals surface area (Å²) in [4.78, 5) is 2.51. The molecule has 1 aromatic heterocycles. The molecular weight excluding hydrogens is 262 g/mol. The van der Waals surface area contributed by atoms with Crippen LogP contribution in [0.4, 0.5) is 0 Å². The summed E-state index contributed by atoms with van der Waals surface area (Å²) in [5.41, 5.74) is 2.64. The van der Waals surface area contributed by atoms with Crippen LogP contribution in [0.25, 0.3) is 0 Å². The Morgan fingerprint density at radius 1 is 1.33 bits per heavy atom. The molecule has 4 nitrogen and oxygen atoms in total. The lowest BCUT2D eigenvalue weighted by atomic mass is 9.97. The summed E-state index contributed by atoms with van der Waals surface area (Å²) in [6.07, 6.45) is 5.33. The number of methoxy groups -OCH3 is 1. The van der Waals surface area contributed by atoms with Crippen molar-refractivity contribution in [1.82, 2.24) is 14.7 Å². The lowest BCUT2D eigenvalue weighted by Gasteiger charge is -2.16. The molecular formula is C17H23N3O. The molecule has 1 aliphatic heterocycles. The Balaban J connectivity index is 1.65. The normalized spacial score (nSPS) is 19.0. The van der Waals surface area contributed by atoms with Crippen LogP contribution in [0.5, 0.6) is 5.75 Å². The van der Waals surface area contributed by atoms with Gasteiger partial charge in [-0.25, -0.2) is 0 Å². The largest absolute Gasteiger partial charge is 0.496 e. The summed E-state index contributed by atoms with van der Waals surface area (Å²) in [6, 6.07) is 8.39. The third-order valence-corrected chi connectivity index (χ3v) is 4.27. The zero-order valence-corrected chi connectivity index (χ0v) is 12.8. The molecule has 1 aliphatic rings. The zero-order chi connectivity index (χ0) is 14.7. The second-order valence-electron chi connectivity index (χ2n) is 5.67. The maximum Gasteiger partial charge on any atom is 0.122 e. The molecule has 0 radical (unpaired) electrons. The number of rotatable bonds is 5. The zero-order valence-electron chi connectivity index (χ0n) is 12.8. The van der Waals surface area contributed by atoms with Gasteiger partial charge in [-0.1, -0.05) is 18.2 Å². The highest BCUT2D eigenvalue weighted by molar-refractivity contribution is 5.37. The Labute approximate surface area is 126 Å². The van der Waals surface area contributed by atoms with Gasteiger partial charge < -0.3 is 4.74 Å². The average Bonchev–Trinajstić information content (AvgIpc) is 3.17. The van der Waals surface area contributed by atoms with E-state index in [1.165, 1.54) is 17.5 Å². The first-order valence-corrected chi connectivity index (χ1v) is 7.66. The van der Waals surface area contributed by atoms with Crippen molar-refractivity contribution in [2.75, 3.05) is 20.2 Å². The van der Waals surface area contributed by atoms with E-state index in [-0.39, 0.29) is 0 Å². The van der Waals surface area contributed by atoms with Crippen LogP contribution >= 0.6 is 0 Å². The van der Waals surface area contributed by atoms with Crippen LogP contribution in [0.1, 0.15) is 30.4 Å². The lowest BCUT2D eigenvalue weighted by molar-refractivity contribution is 0.325. The quantitative estimate of drug-likeness (QED) is 0.846. The Morgan fingerprint density at radius 2 is 2.19 bits per heavy atom. The number of likely N-dealkylation sites (tertiary alicyclic amines) is 1. The van der Waals surface area contributed by atoms with Gasteiger partial charge in [-0.05, 0) is 31.5 Å². The molecule has 1 aromatic carbocycles. The highest BCUT2D eigenvalue weighted by atomic mass is 16.5. The summed E-state index contributed by atoms with van der Waals surface area (Å²) in [5, 5.41) is 4.35. The van der Waals surface area contributed by atoms with Crippen molar-refractivity contribution in [2.24, 2.45) is 0 Å². The van der Waals surface area contributed by atoms with E-state index in [1.807, 2.05) is 16.9 Å². The highest BCUT2D eigenvalue weighted by Gasteiger charge is 2.26. The van der Waals surface area contributed by atoms with Crippen molar-refractivity contribution < 1.29 is 4.74 Å². The molecule has 1 atom stereocenters. The molecule has 112 valence electrons. The predicted molar refractivity (Wildman–Crippen MR) is 83.5 cm³/mol. The fourth-order valence-corrected chi connectivity index (χ4v) is 3.15. The molecule has 0 amide bonds. The standard InChI is InChI=1S/C17H23N3O/c1-3-20-12-14(10-18-20)11-19-9-8-15(13-19)16-6-4-5-7-17(16)21-2/h4-7,10,12,15H,3,8-9,11,13H2,1-2H3/t15-/m1/s1. The van der Waals surface area contributed by atoms with E-state index in [4.69, 9.17) is 4.74 Å². The number of hydrogen-bond acceptors (Lipinski definition) is 3. The Morgan fingerprint density at radius 3 is 2.95 bits per heavy atom. The summed E-state index contributed by atoms with van der Waals surface area (Å²) in [7, 11) is 1.75. The topological polar surface area (TPSA) is 30.3 Å². The first kappa shape index (κ1) is 14.1. The van der Waals surface area contributed by atoms with Gasteiger partial charge in [0, 0.05) is 37.3 Å². The third-order valence-electron chi connectivity index (χ3n) is 4.27. The number of nitrogens with zero attached hydrogens (tertiary/aromatic N) is 3. The van der Waals surface area contributed by atoms with Crippen LogP contribution in [-0.2, 0) is 13.1 Å². The fraction of sp³-hybridized carbons (Fsp3) is 0.471. The third kappa shape index (κ3) is 3.10. The van der Waals surface area contributed by atoms with Gasteiger partial charge in [0.15, 0.2) is 0 Å². The molecule has 1 saturated heterocycles. The first-order valence-electron chi connectivity index (χ1n) is 7.66. The Kier molecular flexibility index (Phi) is 4.25. The van der Waals surface area contributed by atoms with Gasteiger partial charge >= 0.3 is 0 Å². The molecule has 0 aliphatic carbocycles. The summed E-state index contributed by atoms with van der Waals surface area (Å²) in [6.45, 7) is 6.28. The van der Waals surface area contributed by atoms with E-state index in [2.05, 4.69) is 41.3 Å².